The number of halogens is 1. The average molecular weight is 319 g/mol. The van der Waals surface area contributed by atoms with Crippen molar-refractivity contribution in [3.05, 3.63) is 28.8 Å². The van der Waals surface area contributed by atoms with Crippen molar-refractivity contribution in [2.75, 3.05) is 23.2 Å². The second-order valence-corrected chi connectivity index (χ2v) is 7.16. The Labute approximate surface area is 124 Å². The number of rotatable bonds is 4. The molecule has 104 valence electrons. The van der Waals surface area contributed by atoms with E-state index in [1.54, 1.807) is 36.2 Å². The van der Waals surface area contributed by atoms with Crippen molar-refractivity contribution in [3.63, 3.8) is 0 Å². The molecule has 0 spiro atoms. The molecule has 1 aromatic rings. The SMILES string of the molecule is CS(=O)Cc1cc(NC(=O)C2CSCN2)ccc1Cl. The van der Waals surface area contributed by atoms with Gasteiger partial charge in [-0.1, -0.05) is 11.6 Å². The molecule has 1 aliphatic heterocycles. The number of thioether (sulfide) groups is 1. The van der Waals surface area contributed by atoms with Gasteiger partial charge < -0.3 is 5.32 Å². The average Bonchev–Trinajstić information content (AvgIpc) is 2.86. The molecule has 7 heteroatoms. The molecule has 19 heavy (non-hydrogen) atoms. The summed E-state index contributed by atoms with van der Waals surface area (Å²) in [5.74, 6) is 1.93. The number of anilines is 1. The zero-order valence-electron chi connectivity index (χ0n) is 10.4. The van der Waals surface area contributed by atoms with E-state index in [2.05, 4.69) is 10.6 Å². The summed E-state index contributed by atoms with van der Waals surface area (Å²) in [6.45, 7) is 0. The highest BCUT2D eigenvalue weighted by Gasteiger charge is 2.22. The van der Waals surface area contributed by atoms with Crippen LogP contribution in [0.4, 0.5) is 5.69 Å². The van der Waals surface area contributed by atoms with E-state index in [1.807, 2.05) is 0 Å². The first-order chi connectivity index (χ1) is 9.06. The topological polar surface area (TPSA) is 58.2 Å². The van der Waals surface area contributed by atoms with Gasteiger partial charge in [-0.2, -0.15) is 0 Å². The number of hydrogen-bond acceptors (Lipinski definition) is 4. The predicted molar refractivity (Wildman–Crippen MR) is 82.1 cm³/mol. The van der Waals surface area contributed by atoms with Crippen LogP contribution in [-0.4, -0.2) is 34.0 Å². The Morgan fingerprint density at radius 3 is 3.05 bits per heavy atom. The minimum Gasteiger partial charge on any atom is -0.325 e. The van der Waals surface area contributed by atoms with Crippen LogP contribution in [0.2, 0.25) is 5.02 Å². The Morgan fingerprint density at radius 1 is 1.63 bits per heavy atom. The predicted octanol–water partition coefficient (Wildman–Crippen LogP) is 1.82. The lowest BCUT2D eigenvalue weighted by Crippen LogP contribution is -2.37. The molecule has 0 bridgehead atoms. The maximum Gasteiger partial charge on any atom is 0.242 e. The highest BCUT2D eigenvalue weighted by molar-refractivity contribution is 7.99. The van der Waals surface area contributed by atoms with Crippen molar-refractivity contribution < 1.29 is 9.00 Å². The molecular formula is C12H15ClN2O2S2. The summed E-state index contributed by atoms with van der Waals surface area (Å²) in [5, 5.41) is 6.54. The number of carbonyl (C=O) groups excluding carboxylic acids is 1. The quantitative estimate of drug-likeness (QED) is 0.889. The lowest BCUT2D eigenvalue weighted by Gasteiger charge is -2.12. The van der Waals surface area contributed by atoms with Crippen LogP contribution in [0.3, 0.4) is 0 Å². The monoisotopic (exact) mass is 318 g/mol. The summed E-state index contributed by atoms with van der Waals surface area (Å²) in [7, 11) is -0.963. The van der Waals surface area contributed by atoms with Crippen LogP contribution in [0, 0.1) is 0 Å². The molecule has 1 aromatic carbocycles. The van der Waals surface area contributed by atoms with E-state index in [0.717, 1.165) is 17.2 Å². The molecular weight excluding hydrogens is 304 g/mol. The van der Waals surface area contributed by atoms with Gasteiger partial charge in [0.1, 0.15) is 0 Å². The van der Waals surface area contributed by atoms with E-state index in [9.17, 15) is 9.00 Å². The molecule has 1 aliphatic rings. The van der Waals surface area contributed by atoms with Gasteiger partial charge >= 0.3 is 0 Å². The number of benzene rings is 1. The van der Waals surface area contributed by atoms with E-state index in [1.165, 1.54) is 0 Å². The molecule has 0 aromatic heterocycles. The maximum absolute atomic E-state index is 12.0. The van der Waals surface area contributed by atoms with Gasteiger partial charge in [0.2, 0.25) is 5.91 Å². The van der Waals surface area contributed by atoms with Crippen molar-refractivity contribution in [3.8, 4) is 0 Å². The molecule has 1 saturated heterocycles. The van der Waals surface area contributed by atoms with Gasteiger partial charge in [0.05, 0.1) is 6.04 Å². The standard InChI is InChI=1S/C12H15ClN2O2S2/c1-19(17)6-8-4-9(2-3-10(8)13)15-12(16)11-5-18-7-14-11/h2-4,11,14H,5-7H2,1H3,(H,15,16). The van der Waals surface area contributed by atoms with Crippen LogP contribution in [0.1, 0.15) is 5.56 Å². The molecule has 2 atom stereocenters. The second-order valence-electron chi connectivity index (χ2n) is 4.28. The number of hydrogen-bond donors (Lipinski definition) is 2. The Balaban J connectivity index is 2.07. The smallest absolute Gasteiger partial charge is 0.242 e. The number of amides is 1. The van der Waals surface area contributed by atoms with Crippen molar-refractivity contribution in [1.82, 2.24) is 5.32 Å². The first kappa shape index (κ1) is 14.8. The third kappa shape index (κ3) is 4.21. The molecule has 2 unspecified atom stereocenters. The van der Waals surface area contributed by atoms with Crippen molar-refractivity contribution in [2.45, 2.75) is 11.8 Å². The Hall–Kier alpha value is -0.560. The van der Waals surface area contributed by atoms with E-state index < -0.39 is 10.8 Å². The fraction of sp³-hybridized carbons (Fsp3) is 0.417. The Bertz CT molecular complexity index is 505. The highest BCUT2D eigenvalue weighted by atomic mass is 35.5. The van der Waals surface area contributed by atoms with E-state index in [4.69, 9.17) is 11.6 Å². The summed E-state index contributed by atoms with van der Waals surface area (Å²) >= 11 is 7.74. The summed E-state index contributed by atoms with van der Waals surface area (Å²) in [4.78, 5) is 12.0. The van der Waals surface area contributed by atoms with Gasteiger partial charge in [-0.25, -0.2) is 0 Å². The zero-order valence-corrected chi connectivity index (χ0v) is 12.8. The third-order valence-corrected chi connectivity index (χ3v) is 4.73. The largest absolute Gasteiger partial charge is 0.325 e. The summed E-state index contributed by atoms with van der Waals surface area (Å²) < 4.78 is 11.3. The first-order valence-corrected chi connectivity index (χ1v) is 9.02. The summed E-state index contributed by atoms with van der Waals surface area (Å²) in [6, 6.07) is 5.11. The first-order valence-electron chi connectivity index (χ1n) is 5.76. The van der Waals surface area contributed by atoms with Crippen molar-refractivity contribution in [1.29, 1.82) is 0 Å². The lowest BCUT2D eigenvalue weighted by molar-refractivity contribution is -0.117. The van der Waals surface area contributed by atoms with Crippen LogP contribution in [0.25, 0.3) is 0 Å². The molecule has 1 fully saturated rings. The van der Waals surface area contributed by atoms with Gasteiger partial charge in [0, 0.05) is 45.1 Å². The summed E-state index contributed by atoms with van der Waals surface area (Å²) in [6.07, 6.45) is 1.63. The Morgan fingerprint density at radius 2 is 2.42 bits per heavy atom. The van der Waals surface area contributed by atoms with E-state index >= 15 is 0 Å². The second kappa shape index (κ2) is 6.74. The van der Waals surface area contributed by atoms with Crippen LogP contribution in [0.5, 0.6) is 0 Å². The van der Waals surface area contributed by atoms with Gasteiger partial charge in [-0.15, -0.1) is 11.8 Å². The maximum atomic E-state index is 12.0. The molecule has 4 nitrogen and oxygen atoms in total. The van der Waals surface area contributed by atoms with Gasteiger partial charge in [-0.05, 0) is 23.8 Å². The summed E-state index contributed by atoms with van der Waals surface area (Å²) in [5.41, 5.74) is 1.47. The minimum atomic E-state index is -0.963. The number of nitrogens with one attached hydrogen (secondary N) is 2. The minimum absolute atomic E-state index is 0.0455. The molecule has 0 aliphatic carbocycles. The fourth-order valence-electron chi connectivity index (χ4n) is 1.78. The van der Waals surface area contributed by atoms with Gasteiger partial charge in [0.15, 0.2) is 0 Å². The fourth-order valence-corrected chi connectivity index (χ4v) is 3.66. The molecule has 0 saturated carbocycles. The number of carbonyl (C=O) groups is 1. The van der Waals surface area contributed by atoms with Crippen LogP contribution >= 0.6 is 23.4 Å². The van der Waals surface area contributed by atoms with Crippen molar-refractivity contribution >= 4 is 45.8 Å². The van der Waals surface area contributed by atoms with Gasteiger partial charge in [0.25, 0.3) is 0 Å². The molecule has 0 radical (unpaired) electrons. The van der Waals surface area contributed by atoms with E-state index in [0.29, 0.717) is 16.5 Å². The zero-order chi connectivity index (χ0) is 13.8. The van der Waals surface area contributed by atoms with Crippen LogP contribution in [-0.2, 0) is 21.3 Å². The normalized spacial score (nSPS) is 20.2. The molecule has 2 rings (SSSR count). The highest BCUT2D eigenvalue weighted by Crippen LogP contribution is 2.22. The van der Waals surface area contributed by atoms with Crippen molar-refractivity contribution in [2.24, 2.45) is 0 Å². The Kier molecular flexibility index (Phi) is 5.27. The molecule has 1 amide bonds. The molecule has 1 heterocycles. The van der Waals surface area contributed by atoms with Crippen LogP contribution < -0.4 is 10.6 Å². The lowest BCUT2D eigenvalue weighted by atomic mass is 10.2. The van der Waals surface area contributed by atoms with Gasteiger partial charge in [-0.3, -0.25) is 14.3 Å². The van der Waals surface area contributed by atoms with Crippen LogP contribution in [0.15, 0.2) is 18.2 Å². The third-order valence-electron chi connectivity index (χ3n) is 2.70. The van der Waals surface area contributed by atoms with E-state index in [-0.39, 0.29) is 11.9 Å². The molecule has 2 N–H and O–H groups in total.